The normalized spacial score (nSPS) is 15.0. The van der Waals surface area contributed by atoms with Crippen molar-refractivity contribution >= 4 is 29.9 Å². The summed E-state index contributed by atoms with van der Waals surface area (Å²) in [6.07, 6.45) is 1.55. The molecule has 5 nitrogen and oxygen atoms in total. The van der Waals surface area contributed by atoms with Gasteiger partial charge in [0.2, 0.25) is 0 Å². The number of aliphatic imine (C=N–C) groups is 1. The van der Waals surface area contributed by atoms with Gasteiger partial charge < -0.3 is 20.2 Å². The second kappa shape index (κ2) is 10.5. The molecule has 1 aromatic carbocycles. The SMILES string of the molecule is CCNC(=NCC(C)(O)c1ccco1)NCC(C)c1ccccc1.I. The van der Waals surface area contributed by atoms with Crippen LogP contribution < -0.4 is 10.6 Å². The van der Waals surface area contributed by atoms with Crippen LogP contribution >= 0.6 is 24.0 Å². The predicted molar refractivity (Wildman–Crippen MR) is 113 cm³/mol. The Hall–Kier alpha value is -1.54. The van der Waals surface area contributed by atoms with E-state index in [-0.39, 0.29) is 30.5 Å². The zero-order chi connectivity index (χ0) is 17.4. The highest BCUT2D eigenvalue weighted by atomic mass is 127. The monoisotopic (exact) mass is 457 g/mol. The third-order valence-corrected chi connectivity index (χ3v) is 3.89. The quantitative estimate of drug-likeness (QED) is 0.339. The van der Waals surface area contributed by atoms with Gasteiger partial charge in [0.1, 0.15) is 11.4 Å². The average Bonchev–Trinajstić information content (AvgIpc) is 3.13. The molecular weight excluding hydrogens is 429 g/mol. The second-order valence-corrected chi connectivity index (χ2v) is 6.14. The summed E-state index contributed by atoms with van der Waals surface area (Å²) in [4.78, 5) is 4.49. The van der Waals surface area contributed by atoms with Gasteiger partial charge in [0.25, 0.3) is 0 Å². The number of guanidine groups is 1. The van der Waals surface area contributed by atoms with Gasteiger partial charge in [0.15, 0.2) is 5.96 Å². The van der Waals surface area contributed by atoms with Crippen LogP contribution in [-0.4, -0.2) is 30.7 Å². The lowest BCUT2D eigenvalue weighted by atomic mass is 10.0. The smallest absolute Gasteiger partial charge is 0.191 e. The summed E-state index contributed by atoms with van der Waals surface area (Å²) < 4.78 is 5.29. The Labute approximate surface area is 167 Å². The first-order valence-corrected chi connectivity index (χ1v) is 8.36. The lowest BCUT2D eigenvalue weighted by molar-refractivity contribution is 0.0437. The molecule has 0 fully saturated rings. The number of hydrogen-bond acceptors (Lipinski definition) is 3. The minimum Gasteiger partial charge on any atom is -0.466 e. The van der Waals surface area contributed by atoms with Gasteiger partial charge in [-0.2, -0.15) is 0 Å². The van der Waals surface area contributed by atoms with E-state index in [9.17, 15) is 5.11 Å². The molecule has 1 heterocycles. The molecule has 0 amide bonds. The Kier molecular flexibility index (Phi) is 8.99. The first kappa shape index (κ1) is 21.5. The number of nitrogens with one attached hydrogen (secondary N) is 2. The molecule has 0 saturated heterocycles. The maximum Gasteiger partial charge on any atom is 0.191 e. The molecule has 6 heteroatoms. The Morgan fingerprint density at radius 3 is 2.52 bits per heavy atom. The molecule has 1 aromatic heterocycles. The summed E-state index contributed by atoms with van der Waals surface area (Å²) in [6.45, 7) is 7.63. The van der Waals surface area contributed by atoms with E-state index in [0.29, 0.717) is 17.6 Å². The molecule has 2 rings (SSSR count). The Morgan fingerprint density at radius 2 is 1.92 bits per heavy atom. The van der Waals surface area contributed by atoms with Crippen LogP contribution in [-0.2, 0) is 5.60 Å². The highest BCUT2D eigenvalue weighted by Crippen LogP contribution is 2.21. The van der Waals surface area contributed by atoms with E-state index in [1.807, 2.05) is 25.1 Å². The summed E-state index contributed by atoms with van der Waals surface area (Å²) in [6, 6.07) is 13.9. The molecule has 0 radical (unpaired) electrons. The average molecular weight is 457 g/mol. The standard InChI is InChI=1S/C19H27N3O2.HI/c1-4-20-18(21-13-15(2)16-9-6-5-7-10-16)22-14-19(3,23)17-11-8-12-24-17;/h5-12,15,23H,4,13-14H2,1-3H3,(H2,20,21,22);1H. The Morgan fingerprint density at radius 1 is 1.20 bits per heavy atom. The van der Waals surface area contributed by atoms with Crippen LogP contribution in [0.5, 0.6) is 0 Å². The molecule has 138 valence electrons. The Bertz CT molecular complexity index is 627. The minimum atomic E-state index is -1.13. The van der Waals surface area contributed by atoms with Gasteiger partial charge in [-0.3, -0.25) is 0 Å². The number of rotatable bonds is 7. The molecule has 0 bridgehead atoms. The van der Waals surface area contributed by atoms with Crippen LogP contribution in [0, 0.1) is 0 Å². The van der Waals surface area contributed by atoms with Gasteiger partial charge in [-0.25, -0.2) is 4.99 Å². The number of hydrogen-bond donors (Lipinski definition) is 3. The summed E-state index contributed by atoms with van der Waals surface area (Å²) in [5.74, 6) is 1.56. The number of furan rings is 1. The molecule has 25 heavy (non-hydrogen) atoms. The fraction of sp³-hybridized carbons (Fsp3) is 0.421. The molecule has 0 spiro atoms. The minimum absolute atomic E-state index is 0. The summed E-state index contributed by atoms with van der Waals surface area (Å²) >= 11 is 0. The van der Waals surface area contributed by atoms with Gasteiger partial charge in [0, 0.05) is 13.1 Å². The summed E-state index contributed by atoms with van der Waals surface area (Å²) in [7, 11) is 0. The van der Waals surface area contributed by atoms with Crippen LogP contribution in [0.25, 0.3) is 0 Å². The fourth-order valence-electron chi connectivity index (χ4n) is 2.39. The van der Waals surface area contributed by atoms with E-state index >= 15 is 0 Å². The first-order chi connectivity index (χ1) is 11.5. The van der Waals surface area contributed by atoms with Gasteiger partial charge in [0.05, 0.1) is 12.8 Å². The van der Waals surface area contributed by atoms with Gasteiger partial charge in [-0.05, 0) is 37.5 Å². The van der Waals surface area contributed by atoms with Gasteiger partial charge in [-0.15, -0.1) is 24.0 Å². The largest absolute Gasteiger partial charge is 0.466 e. The zero-order valence-corrected chi connectivity index (χ0v) is 17.4. The molecule has 0 saturated carbocycles. The van der Waals surface area contributed by atoms with E-state index < -0.39 is 5.60 Å². The molecular formula is C19H28IN3O2. The fourth-order valence-corrected chi connectivity index (χ4v) is 2.39. The highest BCUT2D eigenvalue weighted by Gasteiger charge is 2.26. The third kappa shape index (κ3) is 6.70. The number of aliphatic hydroxyl groups is 1. The first-order valence-electron chi connectivity index (χ1n) is 8.36. The van der Waals surface area contributed by atoms with Crippen molar-refractivity contribution in [2.24, 2.45) is 4.99 Å². The van der Waals surface area contributed by atoms with Crippen LogP contribution in [0.15, 0.2) is 58.1 Å². The van der Waals surface area contributed by atoms with Gasteiger partial charge in [-0.1, -0.05) is 37.3 Å². The third-order valence-electron chi connectivity index (χ3n) is 3.89. The predicted octanol–water partition coefficient (Wildman–Crippen LogP) is 3.46. The maximum absolute atomic E-state index is 10.5. The van der Waals surface area contributed by atoms with Crippen molar-refractivity contribution in [2.75, 3.05) is 19.6 Å². The van der Waals surface area contributed by atoms with Crippen molar-refractivity contribution in [1.82, 2.24) is 10.6 Å². The van der Waals surface area contributed by atoms with Crippen LogP contribution in [0.1, 0.15) is 38.0 Å². The van der Waals surface area contributed by atoms with Crippen molar-refractivity contribution in [2.45, 2.75) is 32.3 Å². The molecule has 0 aliphatic rings. The number of halogens is 1. The molecule has 0 aliphatic heterocycles. The van der Waals surface area contributed by atoms with Crippen molar-refractivity contribution in [3.05, 3.63) is 60.1 Å². The van der Waals surface area contributed by atoms with E-state index in [4.69, 9.17) is 4.42 Å². The van der Waals surface area contributed by atoms with Crippen LogP contribution in [0.2, 0.25) is 0 Å². The van der Waals surface area contributed by atoms with E-state index in [1.165, 1.54) is 5.56 Å². The lowest BCUT2D eigenvalue weighted by Gasteiger charge is -2.20. The van der Waals surface area contributed by atoms with E-state index in [0.717, 1.165) is 13.1 Å². The molecule has 2 aromatic rings. The lowest BCUT2D eigenvalue weighted by Crippen LogP contribution is -2.40. The van der Waals surface area contributed by atoms with Crippen molar-refractivity contribution < 1.29 is 9.52 Å². The molecule has 2 atom stereocenters. The summed E-state index contributed by atoms with van der Waals surface area (Å²) in [5, 5.41) is 17.0. The topological polar surface area (TPSA) is 69.8 Å². The highest BCUT2D eigenvalue weighted by molar-refractivity contribution is 14.0. The van der Waals surface area contributed by atoms with Crippen molar-refractivity contribution in [1.29, 1.82) is 0 Å². The van der Waals surface area contributed by atoms with Crippen LogP contribution in [0.4, 0.5) is 0 Å². The van der Waals surface area contributed by atoms with E-state index in [1.54, 1.807) is 25.3 Å². The number of nitrogens with zero attached hydrogens (tertiary/aromatic N) is 1. The number of benzene rings is 1. The molecule has 0 aliphatic carbocycles. The van der Waals surface area contributed by atoms with Crippen LogP contribution in [0.3, 0.4) is 0 Å². The van der Waals surface area contributed by atoms with Crippen molar-refractivity contribution in [3.8, 4) is 0 Å². The zero-order valence-electron chi connectivity index (χ0n) is 15.0. The van der Waals surface area contributed by atoms with Crippen molar-refractivity contribution in [3.63, 3.8) is 0 Å². The summed E-state index contributed by atoms with van der Waals surface area (Å²) in [5.41, 5.74) is 0.153. The maximum atomic E-state index is 10.5. The Balaban J connectivity index is 0.00000312. The van der Waals surface area contributed by atoms with E-state index in [2.05, 4.69) is 34.7 Å². The molecule has 2 unspecified atom stereocenters. The second-order valence-electron chi connectivity index (χ2n) is 6.14. The molecule has 3 N–H and O–H groups in total. The van der Waals surface area contributed by atoms with Gasteiger partial charge >= 0.3 is 0 Å².